The summed E-state index contributed by atoms with van der Waals surface area (Å²) in [4.78, 5) is 7.25. The Kier molecular flexibility index (Phi) is 8.06. The average molecular weight is 427 g/mol. The molecule has 0 aromatic heterocycles. The molecular formula is C8H15N2ORbRe. The number of hydrogen-bond acceptors (Lipinski definition) is 3. The average Bonchev–Trinajstić information content (AvgIpc) is 2.45. The van der Waals surface area contributed by atoms with Crippen molar-refractivity contribution in [3.05, 3.63) is 6.42 Å². The molecule has 2 aliphatic rings. The van der Waals surface area contributed by atoms with Gasteiger partial charge in [0, 0.05) is 26.0 Å². The number of fused-ring (bicyclic) bond motifs is 1. The summed E-state index contributed by atoms with van der Waals surface area (Å²) in [6.45, 7) is 3.05. The van der Waals surface area contributed by atoms with E-state index in [0.29, 0.717) is 6.61 Å². The minimum atomic E-state index is 0. The van der Waals surface area contributed by atoms with Gasteiger partial charge in [0.2, 0.25) is 0 Å². The Bertz CT molecular complexity index is 149. The van der Waals surface area contributed by atoms with Gasteiger partial charge >= 0.3 is 58.2 Å². The Balaban J connectivity index is 0.000000720. The minimum Gasteiger partial charge on any atom is -0.327 e. The van der Waals surface area contributed by atoms with Crippen molar-refractivity contribution in [1.29, 1.82) is 0 Å². The first kappa shape index (κ1) is 15.3. The van der Waals surface area contributed by atoms with Crippen LogP contribution in [-0.2, 0) is 25.3 Å². The van der Waals surface area contributed by atoms with Crippen LogP contribution in [0.3, 0.4) is 0 Å². The quantitative estimate of drug-likeness (QED) is 0.386. The Morgan fingerprint density at radius 3 is 3.00 bits per heavy atom. The van der Waals surface area contributed by atoms with Gasteiger partial charge in [0.15, 0.2) is 0 Å². The van der Waals surface area contributed by atoms with Crippen LogP contribution in [0.25, 0.3) is 0 Å². The van der Waals surface area contributed by atoms with Crippen molar-refractivity contribution in [3.63, 3.8) is 0 Å². The minimum absolute atomic E-state index is 0. The first-order valence-corrected chi connectivity index (χ1v) is 4.26. The fraction of sp³-hybridized carbons (Fsp3) is 0.875. The second-order valence-corrected chi connectivity index (χ2v) is 3.58. The second-order valence-electron chi connectivity index (χ2n) is 3.58. The van der Waals surface area contributed by atoms with Crippen molar-refractivity contribution in [1.82, 2.24) is 4.90 Å². The van der Waals surface area contributed by atoms with Gasteiger partial charge in [0.25, 0.3) is 0 Å². The maximum Gasteiger partial charge on any atom is 1.00 e. The van der Waals surface area contributed by atoms with Crippen LogP contribution >= 0.6 is 0 Å². The van der Waals surface area contributed by atoms with E-state index in [1.807, 2.05) is 0 Å². The van der Waals surface area contributed by atoms with Crippen LogP contribution < -0.4 is 64.1 Å². The fourth-order valence-electron chi connectivity index (χ4n) is 2.38. The zero-order valence-electron chi connectivity index (χ0n) is 8.13. The van der Waals surface area contributed by atoms with Crippen molar-refractivity contribution < 1.29 is 83.4 Å². The van der Waals surface area contributed by atoms with Gasteiger partial charge in [-0.15, -0.1) is 6.54 Å². The molecule has 1 radical (unpaired) electrons. The SMILES string of the molecule is NOCC12C[CH-]CN1CCC2.[Rb+].[Re]. The molecule has 2 N–H and O–H groups in total. The monoisotopic (exact) mass is 427 g/mol. The first-order chi connectivity index (χ1) is 5.37. The molecule has 2 fully saturated rings. The van der Waals surface area contributed by atoms with Crippen LogP contribution in [0.5, 0.6) is 0 Å². The fourth-order valence-corrected chi connectivity index (χ4v) is 2.38. The van der Waals surface area contributed by atoms with Gasteiger partial charge in [0.05, 0.1) is 6.61 Å². The maximum atomic E-state index is 5.12. The van der Waals surface area contributed by atoms with Crippen molar-refractivity contribution in [2.24, 2.45) is 5.90 Å². The van der Waals surface area contributed by atoms with Crippen LogP contribution in [0.1, 0.15) is 19.3 Å². The van der Waals surface area contributed by atoms with Gasteiger partial charge in [-0.3, -0.25) is 0 Å². The smallest absolute Gasteiger partial charge is 0.327 e. The molecular weight excluding hydrogens is 412 g/mol. The van der Waals surface area contributed by atoms with Crippen LogP contribution in [0.15, 0.2) is 0 Å². The standard InChI is InChI=1S/C8H15N2O.Rb.Re/c9-11-7-8-3-1-5-10(8)6-2-4-8;;/h1H,2-7,9H2;;/q-1;+1;. The summed E-state index contributed by atoms with van der Waals surface area (Å²) in [5.41, 5.74) is 0.286. The van der Waals surface area contributed by atoms with Crippen molar-refractivity contribution in [3.8, 4) is 0 Å². The Hall–Kier alpha value is 2.35. The predicted molar refractivity (Wildman–Crippen MR) is 42.6 cm³/mol. The van der Waals surface area contributed by atoms with Gasteiger partial charge in [-0.25, -0.2) is 5.90 Å². The van der Waals surface area contributed by atoms with Gasteiger partial charge in [-0.1, -0.05) is 0 Å². The third-order valence-electron chi connectivity index (χ3n) is 2.97. The van der Waals surface area contributed by atoms with E-state index in [-0.39, 0.29) is 84.1 Å². The Labute approximate surface area is 143 Å². The molecule has 0 bridgehead atoms. The van der Waals surface area contributed by atoms with E-state index in [0.717, 1.165) is 13.0 Å². The summed E-state index contributed by atoms with van der Waals surface area (Å²) >= 11 is 0. The van der Waals surface area contributed by atoms with Gasteiger partial charge in [-0.2, -0.15) is 6.42 Å². The zero-order valence-corrected chi connectivity index (χ0v) is 15.8. The number of nitrogens with zero attached hydrogens (tertiary/aromatic N) is 1. The summed E-state index contributed by atoms with van der Waals surface area (Å²) in [6.07, 6.45) is 6.04. The van der Waals surface area contributed by atoms with Gasteiger partial charge in [-0.05, 0) is 19.4 Å². The molecule has 0 aromatic rings. The number of nitrogens with two attached hydrogens (primary N) is 1. The molecule has 1 unspecified atom stereocenters. The van der Waals surface area contributed by atoms with E-state index in [4.69, 9.17) is 10.7 Å². The predicted octanol–water partition coefficient (Wildman–Crippen LogP) is -2.68. The normalized spacial score (nSPS) is 32.1. The van der Waals surface area contributed by atoms with E-state index >= 15 is 0 Å². The molecule has 13 heavy (non-hydrogen) atoms. The Morgan fingerprint density at radius 1 is 1.54 bits per heavy atom. The zero-order chi connectivity index (χ0) is 7.73. The molecule has 0 saturated carbocycles. The maximum absolute atomic E-state index is 5.12. The third kappa shape index (κ3) is 3.15. The molecule has 2 aliphatic heterocycles. The molecule has 0 aliphatic carbocycles. The van der Waals surface area contributed by atoms with Crippen LogP contribution in [0.4, 0.5) is 0 Å². The molecule has 0 aromatic carbocycles. The van der Waals surface area contributed by atoms with E-state index < -0.39 is 0 Å². The molecule has 3 nitrogen and oxygen atoms in total. The van der Waals surface area contributed by atoms with Crippen LogP contribution in [-0.4, -0.2) is 30.1 Å². The molecule has 2 heterocycles. The van der Waals surface area contributed by atoms with Crippen LogP contribution in [0, 0.1) is 6.42 Å². The topological polar surface area (TPSA) is 38.5 Å². The van der Waals surface area contributed by atoms with E-state index in [9.17, 15) is 0 Å². The Morgan fingerprint density at radius 2 is 2.31 bits per heavy atom. The van der Waals surface area contributed by atoms with Crippen LogP contribution in [0.2, 0.25) is 0 Å². The van der Waals surface area contributed by atoms with E-state index in [1.54, 1.807) is 0 Å². The molecule has 71 valence electrons. The van der Waals surface area contributed by atoms with Crippen molar-refractivity contribution in [2.45, 2.75) is 24.8 Å². The van der Waals surface area contributed by atoms with Crippen molar-refractivity contribution >= 4 is 0 Å². The largest absolute Gasteiger partial charge is 1.00 e. The van der Waals surface area contributed by atoms with Gasteiger partial charge in [0.1, 0.15) is 0 Å². The summed E-state index contributed by atoms with van der Waals surface area (Å²) in [5, 5.41) is 0. The first-order valence-electron chi connectivity index (χ1n) is 4.26. The molecule has 0 spiro atoms. The number of hydrogen-bond donors (Lipinski definition) is 1. The molecule has 1 atom stereocenters. The summed E-state index contributed by atoms with van der Waals surface area (Å²) in [5.74, 6) is 5.12. The molecule has 2 saturated heterocycles. The summed E-state index contributed by atoms with van der Waals surface area (Å²) in [7, 11) is 0. The number of rotatable bonds is 2. The summed E-state index contributed by atoms with van der Waals surface area (Å²) < 4.78 is 0. The summed E-state index contributed by atoms with van der Waals surface area (Å²) in [6, 6.07) is 0. The second kappa shape index (κ2) is 6.83. The van der Waals surface area contributed by atoms with Crippen molar-refractivity contribution in [2.75, 3.05) is 19.7 Å². The molecule has 0 amide bonds. The third-order valence-corrected chi connectivity index (χ3v) is 2.97. The van der Waals surface area contributed by atoms with Gasteiger partial charge < -0.3 is 16.2 Å². The molecule has 5 heteroatoms. The molecule has 2 rings (SSSR count). The van der Waals surface area contributed by atoms with E-state index in [1.165, 1.54) is 19.4 Å². The van der Waals surface area contributed by atoms with E-state index in [2.05, 4.69) is 11.3 Å².